The van der Waals surface area contributed by atoms with Gasteiger partial charge in [0.1, 0.15) is 5.39 Å². The topological polar surface area (TPSA) is 102 Å². The third-order valence-corrected chi connectivity index (χ3v) is 2.49. The van der Waals surface area contributed by atoms with Gasteiger partial charge in [-0.05, 0) is 11.8 Å². The van der Waals surface area contributed by atoms with Gasteiger partial charge in [-0.2, -0.15) is 15.1 Å². The minimum absolute atomic E-state index is 0.220. The summed E-state index contributed by atoms with van der Waals surface area (Å²) in [6.45, 7) is 7.08. The van der Waals surface area contributed by atoms with Crippen molar-refractivity contribution in [2.45, 2.75) is 27.2 Å². The first-order valence-electron chi connectivity index (χ1n) is 5.80. The van der Waals surface area contributed by atoms with Gasteiger partial charge in [-0.15, -0.1) is 0 Å². The van der Waals surface area contributed by atoms with E-state index in [2.05, 4.69) is 46.4 Å². The van der Waals surface area contributed by atoms with E-state index in [-0.39, 0.29) is 5.41 Å². The van der Waals surface area contributed by atoms with Gasteiger partial charge in [0, 0.05) is 0 Å². The number of hydrogen-bond acceptors (Lipinski definition) is 6. The van der Waals surface area contributed by atoms with Gasteiger partial charge in [0.15, 0.2) is 5.65 Å². The Hall–Kier alpha value is -1.89. The van der Waals surface area contributed by atoms with Crippen molar-refractivity contribution in [3.8, 4) is 5.88 Å². The van der Waals surface area contributed by atoms with Gasteiger partial charge < -0.3 is 4.74 Å². The zero-order chi connectivity index (χ0) is 13.2. The molecular formula is C11H18N6O. The molecule has 0 aromatic carbocycles. The summed E-state index contributed by atoms with van der Waals surface area (Å²) in [6, 6.07) is 0. The third kappa shape index (κ3) is 2.86. The molecule has 0 atom stereocenters. The summed E-state index contributed by atoms with van der Waals surface area (Å²) >= 11 is 0. The number of fused-ring (bicyclic) bond motifs is 1. The Kier molecular flexibility index (Phi) is 3.33. The van der Waals surface area contributed by atoms with Gasteiger partial charge in [0.05, 0.1) is 12.8 Å². The molecule has 18 heavy (non-hydrogen) atoms. The number of hydrazine groups is 1. The van der Waals surface area contributed by atoms with Gasteiger partial charge in [-0.1, -0.05) is 20.8 Å². The van der Waals surface area contributed by atoms with Crippen molar-refractivity contribution in [2.24, 2.45) is 11.3 Å². The molecule has 0 aliphatic carbocycles. The number of aromatic nitrogens is 4. The van der Waals surface area contributed by atoms with Crippen molar-refractivity contribution in [2.75, 3.05) is 12.0 Å². The van der Waals surface area contributed by atoms with Crippen LogP contribution in [0.15, 0.2) is 6.20 Å². The molecule has 0 bridgehead atoms. The number of nitrogens with zero attached hydrogens (tertiary/aromatic N) is 3. The van der Waals surface area contributed by atoms with Crippen LogP contribution in [0, 0.1) is 5.41 Å². The number of rotatable bonds is 4. The highest BCUT2D eigenvalue weighted by atomic mass is 16.5. The Morgan fingerprint density at radius 3 is 2.83 bits per heavy atom. The summed E-state index contributed by atoms with van der Waals surface area (Å²) in [5, 5.41) is 7.44. The fourth-order valence-corrected chi connectivity index (χ4v) is 1.44. The fourth-order valence-electron chi connectivity index (χ4n) is 1.44. The standard InChI is InChI=1S/C11H18N6O/c1-11(2,3)4-5-18-9-7-6-13-17-8(7)14-10(15-9)16-12/h6H,4-5,12H2,1-3H3,(H2,13,14,15,16,17). The lowest BCUT2D eigenvalue weighted by Gasteiger charge is -2.17. The minimum Gasteiger partial charge on any atom is -0.477 e. The molecule has 2 rings (SSSR count). The molecule has 0 aliphatic rings. The summed E-state index contributed by atoms with van der Waals surface area (Å²) in [5.74, 6) is 6.11. The Morgan fingerprint density at radius 1 is 1.39 bits per heavy atom. The Morgan fingerprint density at radius 2 is 2.17 bits per heavy atom. The third-order valence-electron chi connectivity index (χ3n) is 2.49. The highest BCUT2D eigenvalue weighted by Gasteiger charge is 2.13. The quantitative estimate of drug-likeness (QED) is 0.560. The molecule has 0 spiro atoms. The molecule has 7 nitrogen and oxygen atoms in total. The summed E-state index contributed by atoms with van der Waals surface area (Å²) in [7, 11) is 0. The SMILES string of the molecule is CC(C)(C)CCOc1nc(NN)nc2[nH]ncc12. The zero-order valence-electron chi connectivity index (χ0n) is 10.8. The maximum Gasteiger partial charge on any atom is 0.242 e. The van der Waals surface area contributed by atoms with E-state index in [9.17, 15) is 0 Å². The van der Waals surface area contributed by atoms with Gasteiger partial charge in [0.2, 0.25) is 11.8 Å². The summed E-state index contributed by atoms with van der Waals surface area (Å²) in [4.78, 5) is 8.31. The number of nitrogens with two attached hydrogens (primary N) is 1. The molecule has 2 heterocycles. The second kappa shape index (κ2) is 4.77. The lowest BCUT2D eigenvalue weighted by atomic mass is 9.93. The van der Waals surface area contributed by atoms with Gasteiger partial charge in [-0.25, -0.2) is 5.84 Å². The van der Waals surface area contributed by atoms with E-state index in [0.717, 1.165) is 11.8 Å². The van der Waals surface area contributed by atoms with Crippen LogP contribution in [0.3, 0.4) is 0 Å². The van der Waals surface area contributed by atoms with Crippen LogP contribution >= 0.6 is 0 Å². The molecular weight excluding hydrogens is 232 g/mol. The molecule has 98 valence electrons. The van der Waals surface area contributed by atoms with Crippen LogP contribution in [0.4, 0.5) is 5.95 Å². The van der Waals surface area contributed by atoms with E-state index in [1.54, 1.807) is 6.20 Å². The number of hydrogen-bond donors (Lipinski definition) is 3. The van der Waals surface area contributed by atoms with Crippen LogP contribution in [0.5, 0.6) is 5.88 Å². The van der Waals surface area contributed by atoms with Gasteiger partial charge in [-0.3, -0.25) is 10.5 Å². The van der Waals surface area contributed by atoms with E-state index < -0.39 is 0 Å². The smallest absolute Gasteiger partial charge is 0.242 e. The van der Waals surface area contributed by atoms with E-state index in [1.165, 1.54) is 0 Å². The minimum atomic E-state index is 0.220. The number of nitrogen functional groups attached to an aromatic ring is 1. The first-order chi connectivity index (χ1) is 8.49. The molecule has 2 aromatic heterocycles. The van der Waals surface area contributed by atoms with Crippen molar-refractivity contribution in [1.29, 1.82) is 0 Å². The van der Waals surface area contributed by atoms with Crippen molar-refractivity contribution in [3.63, 3.8) is 0 Å². The monoisotopic (exact) mass is 250 g/mol. The number of H-pyrrole nitrogens is 1. The molecule has 0 unspecified atom stereocenters. The molecule has 0 radical (unpaired) electrons. The van der Waals surface area contributed by atoms with Gasteiger partial charge in [0.25, 0.3) is 0 Å². The molecule has 0 aliphatic heterocycles. The molecule has 0 amide bonds. The number of ether oxygens (including phenoxy) is 1. The predicted molar refractivity (Wildman–Crippen MR) is 69.1 cm³/mol. The summed E-state index contributed by atoms with van der Waals surface area (Å²) < 4.78 is 5.69. The molecule has 2 aromatic rings. The van der Waals surface area contributed by atoms with Crippen LogP contribution in [0.1, 0.15) is 27.2 Å². The lowest BCUT2D eigenvalue weighted by Crippen LogP contribution is -2.14. The highest BCUT2D eigenvalue weighted by molar-refractivity contribution is 5.80. The maximum absolute atomic E-state index is 5.69. The summed E-state index contributed by atoms with van der Waals surface area (Å²) in [6.07, 6.45) is 2.57. The highest BCUT2D eigenvalue weighted by Crippen LogP contribution is 2.24. The van der Waals surface area contributed by atoms with E-state index in [4.69, 9.17) is 10.6 Å². The average molecular weight is 250 g/mol. The van der Waals surface area contributed by atoms with Crippen molar-refractivity contribution >= 4 is 17.0 Å². The van der Waals surface area contributed by atoms with Crippen molar-refractivity contribution in [3.05, 3.63) is 6.20 Å². The maximum atomic E-state index is 5.69. The Balaban J connectivity index is 2.18. The first-order valence-corrected chi connectivity index (χ1v) is 5.80. The largest absolute Gasteiger partial charge is 0.477 e. The molecule has 0 saturated heterocycles. The second-order valence-corrected chi connectivity index (χ2v) is 5.29. The predicted octanol–water partition coefficient (Wildman–Crippen LogP) is 1.45. The molecule has 7 heteroatoms. The molecule has 0 saturated carbocycles. The van der Waals surface area contributed by atoms with Crippen LogP contribution in [0.2, 0.25) is 0 Å². The van der Waals surface area contributed by atoms with E-state index >= 15 is 0 Å². The number of anilines is 1. The number of nitrogens with one attached hydrogen (secondary N) is 2. The molecule has 0 fully saturated rings. The van der Waals surface area contributed by atoms with E-state index in [0.29, 0.717) is 24.1 Å². The first kappa shape index (κ1) is 12.6. The average Bonchev–Trinajstić information content (AvgIpc) is 2.75. The second-order valence-electron chi connectivity index (χ2n) is 5.29. The zero-order valence-corrected chi connectivity index (χ0v) is 10.8. The lowest BCUT2D eigenvalue weighted by molar-refractivity contribution is 0.239. The van der Waals surface area contributed by atoms with Crippen LogP contribution < -0.4 is 16.0 Å². The van der Waals surface area contributed by atoms with Crippen LogP contribution in [-0.2, 0) is 0 Å². The molecule has 4 N–H and O–H groups in total. The van der Waals surface area contributed by atoms with Crippen molar-refractivity contribution < 1.29 is 4.74 Å². The van der Waals surface area contributed by atoms with E-state index in [1.807, 2.05) is 0 Å². The van der Waals surface area contributed by atoms with Crippen LogP contribution in [0.25, 0.3) is 11.0 Å². The fraction of sp³-hybridized carbons (Fsp3) is 0.545. The van der Waals surface area contributed by atoms with Crippen LogP contribution in [-0.4, -0.2) is 26.8 Å². The summed E-state index contributed by atoms with van der Waals surface area (Å²) in [5.41, 5.74) is 3.23. The number of aromatic amines is 1. The van der Waals surface area contributed by atoms with Crippen molar-refractivity contribution in [1.82, 2.24) is 20.2 Å². The normalized spacial score (nSPS) is 11.8. The Labute approximate surface area is 105 Å². The Bertz CT molecular complexity index is 530. The van der Waals surface area contributed by atoms with Gasteiger partial charge >= 0.3 is 0 Å².